The van der Waals surface area contributed by atoms with Crippen molar-refractivity contribution < 1.29 is 18.4 Å². The van der Waals surface area contributed by atoms with E-state index in [1.165, 1.54) is 18.3 Å². The van der Waals surface area contributed by atoms with Crippen molar-refractivity contribution in [1.29, 1.82) is 0 Å². The van der Waals surface area contributed by atoms with E-state index >= 15 is 0 Å². The first-order chi connectivity index (χ1) is 13.0. The zero-order valence-corrected chi connectivity index (χ0v) is 14.5. The van der Waals surface area contributed by atoms with Gasteiger partial charge in [-0.15, -0.1) is 0 Å². The molecule has 1 unspecified atom stereocenters. The summed E-state index contributed by atoms with van der Waals surface area (Å²) in [5, 5.41) is 2.74. The van der Waals surface area contributed by atoms with Gasteiger partial charge in [0.05, 0.1) is 6.20 Å². The zero-order chi connectivity index (χ0) is 19.0. The van der Waals surface area contributed by atoms with Crippen molar-refractivity contribution >= 4 is 11.9 Å². The summed E-state index contributed by atoms with van der Waals surface area (Å²) in [5.74, 6) is -0.0729. The largest absolute Gasteiger partial charge is 0.439 e. The van der Waals surface area contributed by atoms with E-state index in [1.54, 1.807) is 31.2 Å². The highest BCUT2D eigenvalue weighted by Gasteiger charge is 2.49. The Bertz CT molecular complexity index is 1000. The fourth-order valence-electron chi connectivity index (χ4n) is 3.07. The minimum atomic E-state index is -1.13. The summed E-state index contributed by atoms with van der Waals surface area (Å²) >= 11 is 0. The van der Waals surface area contributed by atoms with Crippen molar-refractivity contribution in [2.45, 2.75) is 19.0 Å². The molecule has 27 heavy (non-hydrogen) atoms. The molecule has 1 atom stereocenters. The smallest absolute Gasteiger partial charge is 0.325 e. The standard InChI is InChI=1S/C20H16FN3O3/c1-20(14-5-3-2-4-6-14)18(25)24(19(26)23-20)12-17-22-11-16(27-17)13-7-9-15(21)10-8-13/h2-11H,12H2,1H3,(H,23,26). The van der Waals surface area contributed by atoms with Crippen molar-refractivity contribution in [3.63, 3.8) is 0 Å². The zero-order valence-electron chi connectivity index (χ0n) is 14.5. The maximum absolute atomic E-state index is 13.0. The van der Waals surface area contributed by atoms with E-state index < -0.39 is 11.6 Å². The summed E-state index contributed by atoms with van der Waals surface area (Å²) in [7, 11) is 0. The van der Waals surface area contributed by atoms with Crippen molar-refractivity contribution in [1.82, 2.24) is 15.2 Å². The van der Waals surface area contributed by atoms with Crippen LogP contribution in [0.2, 0.25) is 0 Å². The number of halogens is 1. The predicted molar refractivity (Wildman–Crippen MR) is 94.8 cm³/mol. The lowest BCUT2D eigenvalue weighted by molar-refractivity contribution is -0.131. The summed E-state index contributed by atoms with van der Waals surface area (Å²) in [6.45, 7) is 1.58. The minimum absolute atomic E-state index is 0.0890. The SMILES string of the molecule is CC1(c2ccccc2)NC(=O)N(Cc2ncc(-c3ccc(F)cc3)o2)C1=O. The van der Waals surface area contributed by atoms with E-state index in [0.29, 0.717) is 16.9 Å². The average molecular weight is 365 g/mol. The van der Waals surface area contributed by atoms with Gasteiger partial charge >= 0.3 is 6.03 Å². The fourth-order valence-corrected chi connectivity index (χ4v) is 3.07. The molecular weight excluding hydrogens is 349 g/mol. The number of oxazole rings is 1. The molecule has 0 spiro atoms. The number of carbonyl (C=O) groups excluding carboxylic acids is 2. The second-order valence-electron chi connectivity index (χ2n) is 6.44. The number of rotatable bonds is 4. The Morgan fingerprint density at radius 2 is 1.81 bits per heavy atom. The van der Waals surface area contributed by atoms with Gasteiger partial charge in [0.2, 0.25) is 5.89 Å². The predicted octanol–water partition coefficient (Wildman–Crippen LogP) is 3.45. The van der Waals surface area contributed by atoms with Crippen molar-refractivity contribution in [2.24, 2.45) is 0 Å². The minimum Gasteiger partial charge on any atom is -0.439 e. The number of nitrogens with one attached hydrogen (secondary N) is 1. The highest BCUT2D eigenvalue weighted by molar-refractivity contribution is 6.07. The van der Waals surface area contributed by atoms with E-state index in [-0.39, 0.29) is 24.2 Å². The monoisotopic (exact) mass is 365 g/mol. The number of amides is 3. The van der Waals surface area contributed by atoms with Gasteiger partial charge in [-0.05, 0) is 36.8 Å². The summed E-state index contributed by atoms with van der Waals surface area (Å²) < 4.78 is 18.7. The molecule has 3 aromatic rings. The molecule has 4 rings (SSSR count). The molecule has 1 aromatic heterocycles. The molecule has 1 N–H and O–H groups in total. The highest BCUT2D eigenvalue weighted by Crippen LogP contribution is 2.30. The van der Waals surface area contributed by atoms with Crippen LogP contribution >= 0.6 is 0 Å². The van der Waals surface area contributed by atoms with Crippen LogP contribution in [0.3, 0.4) is 0 Å². The summed E-state index contributed by atoms with van der Waals surface area (Å²) in [4.78, 5) is 30.5. The number of nitrogens with zero attached hydrogens (tertiary/aromatic N) is 2. The van der Waals surface area contributed by atoms with E-state index in [2.05, 4.69) is 10.3 Å². The molecule has 0 radical (unpaired) electrons. The Kier molecular flexibility index (Phi) is 3.99. The van der Waals surface area contributed by atoms with Crippen LogP contribution in [0.4, 0.5) is 9.18 Å². The Balaban J connectivity index is 1.56. The van der Waals surface area contributed by atoms with Crippen LogP contribution in [0.5, 0.6) is 0 Å². The summed E-state index contributed by atoms with van der Waals surface area (Å²) in [6.07, 6.45) is 1.48. The molecule has 2 heterocycles. The van der Waals surface area contributed by atoms with Gasteiger partial charge in [-0.3, -0.25) is 9.69 Å². The van der Waals surface area contributed by atoms with Gasteiger partial charge in [0.25, 0.3) is 5.91 Å². The van der Waals surface area contributed by atoms with Gasteiger partial charge in [0.15, 0.2) is 5.76 Å². The van der Waals surface area contributed by atoms with Gasteiger partial charge in [-0.2, -0.15) is 0 Å². The molecule has 2 aromatic carbocycles. The van der Waals surface area contributed by atoms with Crippen LogP contribution in [0, 0.1) is 5.82 Å². The second kappa shape index (κ2) is 6.35. The number of benzene rings is 2. The lowest BCUT2D eigenvalue weighted by atomic mass is 9.92. The number of carbonyl (C=O) groups is 2. The first-order valence-corrected chi connectivity index (χ1v) is 8.38. The fraction of sp³-hybridized carbons (Fsp3) is 0.150. The highest BCUT2D eigenvalue weighted by atomic mass is 19.1. The third-order valence-corrected chi connectivity index (χ3v) is 4.60. The Morgan fingerprint density at radius 1 is 1.11 bits per heavy atom. The Labute approximate surface area is 154 Å². The lowest BCUT2D eigenvalue weighted by Crippen LogP contribution is -2.40. The van der Waals surface area contributed by atoms with Gasteiger partial charge in [0, 0.05) is 5.56 Å². The molecule has 136 valence electrons. The van der Waals surface area contributed by atoms with Crippen molar-refractivity contribution in [2.75, 3.05) is 0 Å². The molecule has 3 amide bonds. The van der Waals surface area contributed by atoms with Crippen LogP contribution in [-0.4, -0.2) is 21.8 Å². The average Bonchev–Trinajstić information content (AvgIpc) is 3.23. The van der Waals surface area contributed by atoms with Gasteiger partial charge in [-0.1, -0.05) is 30.3 Å². The first kappa shape index (κ1) is 17.0. The van der Waals surface area contributed by atoms with E-state index in [9.17, 15) is 14.0 Å². The van der Waals surface area contributed by atoms with Crippen LogP contribution in [0.25, 0.3) is 11.3 Å². The van der Waals surface area contributed by atoms with Gasteiger partial charge in [-0.25, -0.2) is 14.2 Å². The lowest BCUT2D eigenvalue weighted by Gasteiger charge is -2.21. The Hall–Kier alpha value is -3.48. The van der Waals surface area contributed by atoms with Gasteiger partial charge < -0.3 is 9.73 Å². The van der Waals surface area contributed by atoms with Crippen LogP contribution in [-0.2, 0) is 16.9 Å². The first-order valence-electron chi connectivity index (χ1n) is 8.38. The maximum Gasteiger partial charge on any atom is 0.325 e. The summed E-state index contributed by atoms with van der Waals surface area (Å²) in [6, 6.07) is 14.3. The molecule has 6 nitrogen and oxygen atoms in total. The summed E-state index contributed by atoms with van der Waals surface area (Å²) in [5.41, 5.74) is 0.219. The Morgan fingerprint density at radius 3 is 2.52 bits per heavy atom. The number of hydrogen-bond donors (Lipinski definition) is 1. The van der Waals surface area contributed by atoms with Crippen molar-refractivity contribution in [3.8, 4) is 11.3 Å². The van der Waals surface area contributed by atoms with E-state index in [1.807, 2.05) is 18.2 Å². The third kappa shape index (κ3) is 2.97. The van der Waals surface area contributed by atoms with Crippen LogP contribution in [0.1, 0.15) is 18.4 Å². The van der Waals surface area contributed by atoms with Gasteiger partial charge in [0.1, 0.15) is 17.9 Å². The molecule has 1 aliphatic rings. The number of imide groups is 1. The molecule has 1 fully saturated rings. The molecule has 1 aliphatic heterocycles. The molecule has 0 aliphatic carbocycles. The number of aromatic nitrogens is 1. The third-order valence-electron chi connectivity index (χ3n) is 4.60. The molecule has 1 saturated heterocycles. The van der Waals surface area contributed by atoms with Crippen LogP contribution in [0.15, 0.2) is 65.2 Å². The molecular formula is C20H16FN3O3. The molecule has 0 bridgehead atoms. The maximum atomic E-state index is 13.0. The quantitative estimate of drug-likeness (QED) is 0.719. The normalized spacial score (nSPS) is 19.4. The molecule has 7 heteroatoms. The number of hydrogen-bond acceptors (Lipinski definition) is 4. The van der Waals surface area contributed by atoms with Crippen molar-refractivity contribution in [3.05, 3.63) is 78.1 Å². The van der Waals surface area contributed by atoms with E-state index in [4.69, 9.17) is 4.42 Å². The number of urea groups is 1. The topological polar surface area (TPSA) is 75.4 Å². The van der Waals surface area contributed by atoms with Crippen LogP contribution < -0.4 is 5.32 Å². The second-order valence-corrected chi connectivity index (χ2v) is 6.44. The molecule has 0 saturated carbocycles. The van der Waals surface area contributed by atoms with E-state index in [0.717, 1.165) is 4.90 Å².